The Balaban J connectivity index is 1.40. The van der Waals surface area contributed by atoms with Gasteiger partial charge in [-0.2, -0.15) is 14.6 Å². The molecule has 0 spiro atoms. The third kappa shape index (κ3) is 5.28. The number of pyridine rings is 1. The molecule has 1 atom stereocenters. The zero-order chi connectivity index (χ0) is 25.9. The zero-order valence-corrected chi connectivity index (χ0v) is 20.5. The lowest BCUT2D eigenvalue weighted by atomic mass is 9.93. The first-order valence-corrected chi connectivity index (χ1v) is 12.5. The Morgan fingerprint density at radius 1 is 1.19 bits per heavy atom. The van der Waals surface area contributed by atoms with Crippen molar-refractivity contribution in [2.24, 2.45) is 0 Å². The minimum absolute atomic E-state index is 0.0556. The Morgan fingerprint density at radius 3 is 2.76 bits per heavy atom. The van der Waals surface area contributed by atoms with Gasteiger partial charge in [0, 0.05) is 36.0 Å². The first-order valence-electron chi connectivity index (χ1n) is 12.5. The van der Waals surface area contributed by atoms with Crippen LogP contribution in [-0.2, 0) is 6.54 Å². The molecule has 1 aliphatic rings. The summed E-state index contributed by atoms with van der Waals surface area (Å²) in [6.07, 6.45) is 7.06. The maximum Gasteiger partial charge on any atom is 0.200 e. The normalized spacial score (nSPS) is 18.7. The van der Waals surface area contributed by atoms with E-state index in [1.807, 2.05) is 17.7 Å². The highest BCUT2D eigenvalue weighted by Crippen LogP contribution is 2.37. The highest BCUT2D eigenvalue weighted by molar-refractivity contribution is 5.93. The van der Waals surface area contributed by atoms with Crippen LogP contribution in [0, 0.1) is 11.6 Å². The second-order valence-electron chi connectivity index (χ2n) is 9.30. The van der Waals surface area contributed by atoms with Crippen molar-refractivity contribution in [3.05, 3.63) is 54.5 Å². The fourth-order valence-corrected chi connectivity index (χ4v) is 4.82. The summed E-state index contributed by atoms with van der Waals surface area (Å²) in [5.74, 6) is -1.17. The van der Waals surface area contributed by atoms with Gasteiger partial charge >= 0.3 is 0 Å². The van der Waals surface area contributed by atoms with Gasteiger partial charge < -0.3 is 20.3 Å². The summed E-state index contributed by atoms with van der Waals surface area (Å²) in [6.45, 7) is 2.57. The summed E-state index contributed by atoms with van der Waals surface area (Å²) in [4.78, 5) is 4.53. The van der Waals surface area contributed by atoms with Crippen molar-refractivity contribution >= 4 is 16.7 Å². The molecular weight excluding hydrogens is 482 g/mol. The molecule has 3 aromatic heterocycles. The highest BCUT2D eigenvalue weighted by Gasteiger charge is 2.28. The van der Waals surface area contributed by atoms with Crippen molar-refractivity contribution in [1.82, 2.24) is 24.5 Å². The maximum absolute atomic E-state index is 14.1. The summed E-state index contributed by atoms with van der Waals surface area (Å²) in [6, 6.07) is 6.05. The van der Waals surface area contributed by atoms with Crippen LogP contribution in [-0.4, -0.2) is 60.1 Å². The molecule has 3 heterocycles. The summed E-state index contributed by atoms with van der Waals surface area (Å²) in [7, 11) is 0. The largest absolute Gasteiger partial charge is 0.487 e. The molecule has 1 saturated carbocycles. The molecular formula is C26H30F2N6O3. The molecule has 4 aromatic rings. The number of fused-ring (bicyclic) bond motifs is 1. The van der Waals surface area contributed by atoms with Gasteiger partial charge in [0.1, 0.15) is 11.5 Å². The molecule has 196 valence electrons. The van der Waals surface area contributed by atoms with Gasteiger partial charge in [0.05, 0.1) is 43.1 Å². The molecule has 0 saturated heterocycles. The summed E-state index contributed by atoms with van der Waals surface area (Å²) in [5, 5.41) is 32.3. The second kappa shape index (κ2) is 10.8. The molecule has 37 heavy (non-hydrogen) atoms. The molecule has 5 rings (SSSR count). The number of benzene rings is 1. The molecule has 1 fully saturated rings. The number of nitrogens with zero attached hydrogens (tertiary/aromatic N) is 5. The summed E-state index contributed by atoms with van der Waals surface area (Å²) in [5.41, 5.74) is 2.45. The van der Waals surface area contributed by atoms with Crippen LogP contribution in [0.25, 0.3) is 22.2 Å². The Morgan fingerprint density at radius 2 is 2.00 bits per heavy atom. The number of anilines is 1. The zero-order valence-electron chi connectivity index (χ0n) is 20.5. The van der Waals surface area contributed by atoms with E-state index in [1.165, 1.54) is 12.1 Å². The molecule has 1 aliphatic carbocycles. The number of nitrogens with one attached hydrogen (secondary N) is 1. The Labute approximate surface area is 212 Å². The van der Waals surface area contributed by atoms with E-state index in [0.29, 0.717) is 12.8 Å². The average molecular weight is 513 g/mol. The van der Waals surface area contributed by atoms with Gasteiger partial charge in [0.25, 0.3) is 0 Å². The lowest BCUT2D eigenvalue weighted by molar-refractivity contribution is 0.0783. The van der Waals surface area contributed by atoms with Gasteiger partial charge in [-0.15, -0.1) is 0 Å². The molecule has 0 bridgehead atoms. The average Bonchev–Trinajstić information content (AvgIpc) is 3.52. The fourth-order valence-electron chi connectivity index (χ4n) is 4.82. The number of hydrogen-bond donors (Lipinski definition) is 3. The number of hydrogen-bond acceptors (Lipinski definition) is 7. The van der Waals surface area contributed by atoms with E-state index in [-0.39, 0.29) is 31.0 Å². The summed E-state index contributed by atoms with van der Waals surface area (Å²) >= 11 is 0. The van der Waals surface area contributed by atoms with Crippen molar-refractivity contribution < 1.29 is 23.7 Å². The van der Waals surface area contributed by atoms with Gasteiger partial charge in [-0.25, -0.2) is 9.37 Å². The van der Waals surface area contributed by atoms with E-state index in [2.05, 4.69) is 15.4 Å². The third-order valence-electron chi connectivity index (χ3n) is 6.66. The van der Waals surface area contributed by atoms with Crippen LogP contribution in [0.15, 0.2) is 42.9 Å². The molecule has 3 N–H and O–H groups in total. The maximum atomic E-state index is 14.1. The first-order chi connectivity index (χ1) is 18.0. The van der Waals surface area contributed by atoms with E-state index >= 15 is 0 Å². The number of aliphatic hydroxyl groups is 2. The summed E-state index contributed by atoms with van der Waals surface area (Å²) < 4.78 is 37.0. The predicted molar refractivity (Wildman–Crippen MR) is 134 cm³/mol. The molecule has 0 aliphatic heterocycles. The number of ether oxygens (including phenoxy) is 1. The van der Waals surface area contributed by atoms with E-state index in [1.54, 1.807) is 23.3 Å². The smallest absolute Gasteiger partial charge is 0.200 e. The minimum atomic E-state index is -0.956. The van der Waals surface area contributed by atoms with Gasteiger partial charge in [0.15, 0.2) is 11.6 Å². The Kier molecular flexibility index (Phi) is 7.33. The molecule has 0 unspecified atom stereocenters. The quantitative estimate of drug-likeness (QED) is 0.312. The predicted octanol–water partition coefficient (Wildman–Crippen LogP) is 3.92. The first kappa shape index (κ1) is 25.1. The number of aliphatic hydroxyl groups excluding tert-OH is 2. The fraction of sp³-hybridized carbons (Fsp3) is 0.423. The van der Waals surface area contributed by atoms with E-state index in [4.69, 9.17) is 14.9 Å². The van der Waals surface area contributed by atoms with Crippen LogP contribution >= 0.6 is 0 Å². The van der Waals surface area contributed by atoms with Crippen molar-refractivity contribution in [3.63, 3.8) is 0 Å². The van der Waals surface area contributed by atoms with Crippen LogP contribution in [0.4, 0.5) is 14.6 Å². The van der Waals surface area contributed by atoms with Crippen LogP contribution < -0.4 is 10.1 Å². The standard InChI is InChI=1S/C26H30F2N6O3/c1-2-29-24-10-22-20(12-30-24)26(16-11-31-33(13-16)14-18(36)15-35)32-34(22)17-6-8-19(9-7-17)37-23-5-3-4-21(27)25(23)28/h3-5,10-13,17-19,35-36H,2,6-9,14-15H2,1H3,(H,29,30)/t17?,18-,19?/m1/s1. The number of aromatic nitrogens is 5. The lowest BCUT2D eigenvalue weighted by Gasteiger charge is -2.29. The van der Waals surface area contributed by atoms with Crippen molar-refractivity contribution in [1.29, 1.82) is 0 Å². The third-order valence-corrected chi connectivity index (χ3v) is 6.66. The van der Waals surface area contributed by atoms with Gasteiger partial charge in [-0.3, -0.25) is 9.36 Å². The SMILES string of the molecule is CCNc1cc2c(cn1)c(-c1cnn(C[C@@H](O)CO)c1)nn2C1CCC(Oc2cccc(F)c2F)CC1. The number of rotatable bonds is 9. The monoisotopic (exact) mass is 512 g/mol. The molecule has 0 radical (unpaired) electrons. The molecule has 1 aromatic carbocycles. The van der Waals surface area contributed by atoms with Crippen molar-refractivity contribution in [3.8, 4) is 17.0 Å². The van der Waals surface area contributed by atoms with Gasteiger partial charge in [-0.05, 0) is 44.7 Å². The van der Waals surface area contributed by atoms with E-state index in [9.17, 15) is 13.9 Å². The van der Waals surface area contributed by atoms with Gasteiger partial charge in [0.2, 0.25) is 5.82 Å². The lowest BCUT2D eigenvalue weighted by Crippen LogP contribution is -2.26. The van der Waals surface area contributed by atoms with Crippen LogP contribution in [0.5, 0.6) is 5.75 Å². The molecule has 0 amide bonds. The topological polar surface area (TPSA) is 110 Å². The van der Waals surface area contributed by atoms with Crippen molar-refractivity contribution in [2.45, 2.75) is 57.4 Å². The van der Waals surface area contributed by atoms with Crippen LogP contribution in [0.3, 0.4) is 0 Å². The highest BCUT2D eigenvalue weighted by atomic mass is 19.2. The van der Waals surface area contributed by atoms with Crippen LogP contribution in [0.2, 0.25) is 0 Å². The van der Waals surface area contributed by atoms with Crippen LogP contribution in [0.1, 0.15) is 38.6 Å². The number of halogens is 2. The van der Waals surface area contributed by atoms with Gasteiger partial charge in [-0.1, -0.05) is 6.07 Å². The minimum Gasteiger partial charge on any atom is -0.487 e. The molecule has 11 heteroatoms. The van der Waals surface area contributed by atoms with E-state index in [0.717, 1.165) is 53.4 Å². The van der Waals surface area contributed by atoms with Crippen molar-refractivity contribution in [2.75, 3.05) is 18.5 Å². The second-order valence-corrected chi connectivity index (χ2v) is 9.30. The Hall–Kier alpha value is -3.57. The Bertz CT molecular complexity index is 1370. The molecule has 9 nitrogen and oxygen atoms in total. The van der Waals surface area contributed by atoms with E-state index < -0.39 is 17.7 Å².